The van der Waals surface area contributed by atoms with Gasteiger partial charge in [-0.2, -0.15) is 4.98 Å². The SMILES string of the molecule is O=C(Cc1cccnc1)OCc1nc(-c2ccccc2)no1. The zero-order valence-electron chi connectivity index (χ0n) is 11.7. The van der Waals surface area contributed by atoms with Crippen LogP contribution in [0.1, 0.15) is 11.5 Å². The molecule has 2 heterocycles. The number of pyridine rings is 1. The monoisotopic (exact) mass is 295 g/mol. The highest BCUT2D eigenvalue weighted by molar-refractivity contribution is 5.72. The number of hydrogen-bond acceptors (Lipinski definition) is 6. The van der Waals surface area contributed by atoms with E-state index in [9.17, 15) is 4.79 Å². The Bertz CT molecular complexity index is 742. The van der Waals surface area contributed by atoms with Gasteiger partial charge in [0.15, 0.2) is 6.61 Å². The molecule has 0 aliphatic carbocycles. The third kappa shape index (κ3) is 3.54. The van der Waals surface area contributed by atoms with Crippen molar-refractivity contribution in [3.05, 3.63) is 66.3 Å². The van der Waals surface area contributed by atoms with E-state index in [0.29, 0.717) is 5.82 Å². The lowest BCUT2D eigenvalue weighted by atomic mass is 10.2. The summed E-state index contributed by atoms with van der Waals surface area (Å²) < 4.78 is 10.2. The van der Waals surface area contributed by atoms with E-state index < -0.39 is 0 Å². The van der Waals surface area contributed by atoms with Gasteiger partial charge in [0.1, 0.15) is 0 Å². The fraction of sp³-hybridized carbons (Fsp3) is 0.125. The molecule has 22 heavy (non-hydrogen) atoms. The Hall–Kier alpha value is -3.02. The van der Waals surface area contributed by atoms with Crippen LogP contribution < -0.4 is 0 Å². The fourth-order valence-corrected chi connectivity index (χ4v) is 1.88. The molecule has 110 valence electrons. The summed E-state index contributed by atoms with van der Waals surface area (Å²) in [6.07, 6.45) is 3.44. The van der Waals surface area contributed by atoms with Crippen LogP contribution in [-0.2, 0) is 22.6 Å². The van der Waals surface area contributed by atoms with Crippen LogP contribution in [0.25, 0.3) is 11.4 Å². The van der Waals surface area contributed by atoms with E-state index >= 15 is 0 Å². The van der Waals surface area contributed by atoms with Crippen LogP contribution in [0.2, 0.25) is 0 Å². The molecule has 0 bridgehead atoms. The second-order valence-electron chi connectivity index (χ2n) is 4.58. The first kappa shape index (κ1) is 13.9. The molecule has 0 unspecified atom stereocenters. The number of carbonyl (C=O) groups is 1. The predicted octanol–water partition coefficient (Wildman–Crippen LogP) is 2.42. The Balaban J connectivity index is 1.56. The van der Waals surface area contributed by atoms with Crippen molar-refractivity contribution in [3.63, 3.8) is 0 Å². The van der Waals surface area contributed by atoms with E-state index in [2.05, 4.69) is 15.1 Å². The summed E-state index contributed by atoms with van der Waals surface area (Å²) in [6.45, 7) is -0.0427. The second-order valence-corrected chi connectivity index (χ2v) is 4.58. The van der Waals surface area contributed by atoms with Crippen molar-refractivity contribution in [2.24, 2.45) is 0 Å². The van der Waals surface area contributed by atoms with Crippen LogP contribution in [0.4, 0.5) is 0 Å². The molecular weight excluding hydrogens is 282 g/mol. The Kier molecular flexibility index (Phi) is 4.20. The van der Waals surface area contributed by atoms with Crippen molar-refractivity contribution in [1.82, 2.24) is 15.1 Å². The molecule has 3 rings (SSSR count). The molecule has 0 N–H and O–H groups in total. The standard InChI is InChI=1S/C16H13N3O3/c20-15(9-12-5-4-8-17-10-12)21-11-14-18-16(19-22-14)13-6-2-1-3-7-13/h1-8,10H,9,11H2. The average Bonchev–Trinajstić information content (AvgIpc) is 3.04. The highest BCUT2D eigenvalue weighted by Gasteiger charge is 2.11. The summed E-state index contributed by atoms with van der Waals surface area (Å²) in [6, 6.07) is 13.0. The molecular formula is C16H13N3O3. The number of benzene rings is 1. The smallest absolute Gasteiger partial charge is 0.310 e. The third-order valence-electron chi connectivity index (χ3n) is 2.93. The van der Waals surface area contributed by atoms with Crippen molar-refractivity contribution < 1.29 is 14.1 Å². The Morgan fingerprint density at radius 1 is 1.14 bits per heavy atom. The van der Waals surface area contributed by atoms with Gasteiger partial charge in [-0.1, -0.05) is 41.6 Å². The highest BCUT2D eigenvalue weighted by atomic mass is 16.6. The maximum absolute atomic E-state index is 11.7. The lowest BCUT2D eigenvalue weighted by Crippen LogP contribution is -2.08. The number of nitrogens with zero attached hydrogens (tertiary/aromatic N) is 3. The molecule has 6 nitrogen and oxygen atoms in total. The summed E-state index contributed by atoms with van der Waals surface area (Å²) in [5.41, 5.74) is 1.64. The Labute approximate surface area is 126 Å². The quantitative estimate of drug-likeness (QED) is 0.673. The minimum atomic E-state index is -0.368. The van der Waals surface area contributed by atoms with Gasteiger partial charge in [-0.25, -0.2) is 0 Å². The molecule has 3 aromatic rings. The maximum Gasteiger partial charge on any atom is 0.310 e. The van der Waals surface area contributed by atoms with Crippen LogP contribution in [0.3, 0.4) is 0 Å². The topological polar surface area (TPSA) is 78.1 Å². The van der Waals surface area contributed by atoms with Crippen molar-refractivity contribution in [1.29, 1.82) is 0 Å². The lowest BCUT2D eigenvalue weighted by Gasteiger charge is -2.01. The lowest BCUT2D eigenvalue weighted by molar-refractivity contribution is -0.144. The second kappa shape index (κ2) is 6.62. The first-order valence-electron chi connectivity index (χ1n) is 6.74. The molecule has 1 aromatic carbocycles. The molecule has 0 atom stereocenters. The fourth-order valence-electron chi connectivity index (χ4n) is 1.88. The first-order chi connectivity index (χ1) is 10.8. The van der Waals surface area contributed by atoms with Crippen LogP contribution in [0.15, 0.2) is 59.4 Å². The number of esters is 1. The third-order valence-corrected chi connectivity index (χ3v) is 2.93. The maximum atomic E-state index is 11.7. The molecule has 0 radical (unpaired) electrons. The van der Waals surface area contributed by atoms with E-state index in [1.54, 1.807) is 18.5 Å². The van der Waals surface area contributed by atoms with E-state index in [1.807, 2.05) is 36.4 Å². The summed E-state index contributed by atoms with van der Waals surface area (Å²) >= 11 is 0. The Morgan fingerprint density at radius 3 is 2.77 bits per heavy atom. The number of aromatic nitrogens is 3. The van der Waals surface area contributed by atoms with E-state index in [4.69, 9.17) is 9.26 Å². The predicted molar refractivity (Wildman–Crippen MR) is 77.5 cm³/mol. The number of ether oxygens (including phenoxy) is 1. The highest BCUT2D eigenvalue weighted by Crippen LogP contribution is 2.15. The van der Waals surface area contributed by atoms with Gasteiger partial charge in [-0.3, -0.25) is 9.78 Å². The minimum absolute atomic E-state index is 0.0427. The molecule has 0 aliphatic heterocycles. The molecule has 0 aliphatic rings. The molecule has 2 aromatic heterocycles. The molecule has 0 saturated heterocycles. The summed E-state index contributed by atoms with van der Waals surface area (Å²) in [5, 5.41) is 3.86. The number of hydrogen-bond donors (Lipinski definition) is 0. The van der Waals surface area contributed by atoms with Gasteiger partial charge >= 0.3 is 5.97 Å². The van der Waals surface area contributed by atoms with Gasteiger partial charge in [0.05, 0.1) is 6.42 Å². The normalized spacial score (nSPS) is 10.4. The van der Waals surface area contributed by atoms with E-state index in [0.717, 1.165) is 11.1 Å². The van der Waals surface area contributed by atoms with Gasteiger partial charge in [-0.15, -0.1) is 0 Å². The average molecular weight is 295 g/mol. The van der Waals surface area contributed by atoms with E-state index in [1.165, 1.54) is 0 Å². The van der Waals surface area contributed by atoms with Crippen molar-refractivity contribution >= 4 is 5.97 Å². The molecule has 0 amide bonds. The molecule has 6 heteroatoms. The Morgan fingerprint density at radius 2 is 2.00 bits per heavy atom. The zero-order valence-corrected chi connectivity index (χ0v) is 11.7. The molecule has 0 saturated carbocycles. The number of carbonyl (C=O) groups excluding carboxylic acids is 1. The van der Waals surface area contributed by atoms with Gasteiger partial charge < -0.3 is 9.26 Å². The first-order valence-corrected chi connectivity index (χ1v) is 6.74. The van der Waals surface area contributed by atoms with Crippen LogP contribution in [0.5, 0.6) is 0 Å². The minimum Gasteiger partial charge on any atom is -0.455 e. The van der Waals surface area contributed by atoms with Crippen LogP contribution in [0, 0.1) is 0 Å². The van der Waals surface area contributed by atoms with Crippen LogP contribution in [-0.4, -0.2) is 21.1 Å². The van der Waals surface area contributed by atoms with Crippen LogP contribution >= 0.6 is 0 Å². The molecule has 0 spiro atoms. The molecule has 0 fully saturated rings. The zero-order chi connectivity index (χ0) is 15.2. The van der Waals surface area contributed by atoms with Gasteiger partial charge in [0.25, 0.3) is 5.89 Å². The summed E-state index contributed by atoms with van der Waals surface area (Å²) in [5.74, 6) is 0.366. The van der Waals surface area contributed by atoms with Gasteiger partial charge in [0.2, 0.25) is 5.82 Å². The van der Waals surface area contributed by atoms with Crippen molar-refractivity contribution in [2.75, 3.05) is 0 Å². The van der Waals surface area contributed by atoms with Crippen molar-refractivity contribution in [3.8, 4) is 11.4 Å². The largest absolute Gasteiger partial charge is 0.455 e. The number of rotatable bonds is 5. The van der Waals surface area contributed by atoms with Gasteiger partial charge in [-0.05, 0) is 11.6 Å². The van der Waals surface area contributed by atoms with E-state index in [-0.39, 0.29) is 24.9 Å². The summed E-state index contributed by atoms with van der Waals surface area (Å²) in [7, 11) is 0. The van der Waals surface area contributed by atoms with Gasteiger partial charge in [0, 0.05) is 18.0 Å². The summed E-state index contributed by atoms with van der Waals surface area (Å²) in [4.78, 5) is 19.9. The van der Waals surface area contributed by atoms with Crippen molar-refractivity contribution in [2.45, 2.75) is 13.0 Å².